The molecule has 1 unspecified atom stereocenters. The van der Waals surface area contributed by atoms with Crippen LogP contribution in [0.15, 0.2) is 34.6 Å². The Morgan fingerprint density at radius 2 is 2.11 bits per heavy atom. The predicted octanol–water partition coefficient (Wildman–Crippen LogP) is 4.17. The van der Waals surface area contributed by atoms with Crippen molar-refractivity contribution >= 4 is 34.8 Å². The SMILES string of the molecule is CC(C)c1csc(COc2ccn3c(=O)c(C=CC(=O)OC(C)(C)C)c(N4CCCC(O)C4)nc3c2)n1. The van der Waals surface area contributed by atoms with E-state index in [1.54, 1.807) is 50.4 Å². The van der Waals surface area contributed by atoms with Crippen molar-refractivity contribution < 1.29 is 19.4 Å². The van der Waals surface area contributed by atoms with E-state index in [0.29, 0.717) is 49.2 Å². The number of aromatic nitrogens is 3. The number of hydrogen-bond donors (Lipinski definition) is 1. The zero-order chi connectivity index (χ0) is 26.7. The molecule has 4 heterocycles. The van der Waals surface area contributed by atoms with Gasteiger partial charge in [0.1, 0.15) is 34.4 Å². The zero-order valence-electron chi connectivity index (χ0n) is 21.9. The first-order chi connectivity index (χ1) is 17.5. The molecule has 0 bridgehead atoms. The molecule has 1 saturated heterocycles. The highest BCUT2D eigenvalue weighted by atomic mass is 32.1. The van der Waals surface area contributed by atoms with Crippen LogP contribution >= 0.6 is 11.3 Å². The molecule has 37 heavy (non-hydrogen) atoms. The molecule has 4 rings (SSSR count). The van der Waals surface area contributed by atoms with Gasteiger partial charge >= 0.3 is 5.97 Å². The normalized spacial score (nSPS) is 16.6. The zero-order valence-corrected chi connectivity index (χ0v) is 22.7. The minimum absolute atomic E-state index is 0.259. The number of pyridine rings is 1. The number of esters is 1. The van der Waals surface area contributed by atoms with Gasteiger partial charge in [0, 0.05) is 36.8 Å². The Bertz CT molecular complexity index is 1360. The summed E-state index contributed by atoms with van der Waals surface area (Å²) in [6.45, 7) is 10.9. The summed E-state index contributed by atoms with van der Waals surface area (Å²) in [4.78, 5) is 37.1. The highest BCUT2D eigenvalue weighted by Gasteiger charge is 2.24. The van der Waals surface area contributed by atoms with Gasteiger partial charge in [-0.25, -0.2) is 14.8 Å². The van der Waals surface area contributed by atoms with Gasteiger partial charge in [0.25, 0.3) is 5.56 Å². The number of piperidine rings is 1. The summed E-state index contributed by atoms with van der Waals surface area (Å²) in [6.07, 6.45) is 5.26. The summed E-state index contributed by atoms with van der Waals surface area (Å²) in [5.41, 5.74) is 0.733. The molecule has 0 saturated carbocycles. The highest BCUT2D eigenvalue weighted by Crippen LogP contribution is 2.25. The number of hydrogen-bond acceptors (Lipinski definition) is 9. The molecule has 1 aliphatic heterocycles. The van der Waals surface area contributed by atoms with Gasteiger partial charge in [0.2, 0.25) is 0 Å². The van der Waals surface area contributed by atoms with E-state index in [1.807, 2.05) is 10.3 Å². The highest BCUT2D eigenvalue weighted by molar-refractivity contribution is 7.09. The molecular weight excluding hydrogens is 492 g/mol. The number of aliphatic hydroxyl groups excluding tert-OH is 1. The average molecular weight is 527 g/mol. The number of ether oxygens (including phenoxy) is 2. The second-order valence-corrected chi connectivity index (χ2v) is 11.4. The maximum Gasteiger partial charge on any atom is 0.331 e. The van der Waals surface area contributed by atoms with E-state index in [1.165, 1.54) is 16.6 Å². The van der Waals surface area contributed by atoms with Gasteiger partial charge in [-0.2, -0.15) is 0 Å². The molecule has 1 N–H and O–H groups in total. The molecule has 0 spiro atoms. The van der Waals surface area contributed by atoms with Crippen molar-refractivity contribution in [3.63, 3.8) is 0 Å². The maximum absolute atomic E-state index is 13.5. The fraction of sp³-hybridized carbons (Fsp3) is 0.481. The van der Waals surface area contributed by atoms with Crippen molar-refractivity contribution in [2.24, 2.45) is 0 Å². The smallest absolute Gasteiger partial charge is 0.331 e. The Morgan fingerprint density at radius 1 is 1.32 bits per heavy atom. The molecule has 1 fully saturated rings. The molecule has 1 aliphatic rings. The molecule has 0 amide bonds. The monoisotopic (exact) mass is 526 g/mol. The van der Waals surface area contributed by atoms with Crippen molar-refractivity contribution in [1.82, 2.24) is 14.4 Å². The van der Waals surface area contributed by atoms with E-state index in [9.17, 15) is 14.7 Å². The summed E-state index contributed by atoms with van der Waals surface area (Å²) < 4.78 is 12.7. The largest absolute Gasteiger partial charge is 0.486 e. The number of thiazole rings is 1. The van der Waals surface area contributed by atoms with Gasteiger partial charge in [-0.05, 0) is 51.7 Å². The number of rotatable bonds is 7. The Hall–Kier alpha value is -3.24. The molecule has 0 aliphatic carbocycles. The van der Waals surface area contributed by atoms with Crippen LogP contribution < -0.4 is 15.2 Å². The summed E-state index contributed by atoms with van der Waals surface area (Å²) in [6, 6.07) is 3.42. The second-order valence-electron chi connectivity index (χ2n) is 10.5. The summed E-state index contributed by atoms with van der Waals surface area (Å²) >= 11 is 1.55. The predicted molar refractivity (Wildman–Crippen MR) is 144 cm³/mol. The van der Waals surface area contributed by atoms with Crippen LogP contribution in [0.4, 0.5) is 5.82 Å². The average Bonchev–Trinajstić information content (AvgIpc) is 3.30. The fourth-order valence-corrected chi connectivity index (χ4v) is 4.90. The number of anilines is 1. The standard InChI is InChI=1S/C27H34N4O5S/c1-17(2)21-16-37-23(28-21)15-35-19-10-12-31-22(13-19)29-25(30-11-6-7-18(32)14-30)20(26(31)34)8-9-24(33)36-27(3,4)5/h8-10,12-13,16-18,32H,6-7,11,14-15H2,1-5H3. The van der Waals surface area contributed by atoms with E-state index < -0.39 is 17.7 Å². The third kappa shape index (κ3) is 6.75. The lowest BCUT2D eigenvalue weighted by Gasteiger charge is -2.32. The first-order valence-corrected chi connectivity index (χ1v) is 13.4. The van der Waals surface area contributed by atoms with Crippen molar-refractivity contribution in [3.8, 4) is 5.75 Å². The van der Waals surface area contributed by atoms with Gasteiger partial charge in [0.15, 0.2) is 0 Å². The first kappa shape index (κ1) is 26.8. The fourth-order valence-electron chi connectivity index (χ4n) is 4.03. The van der Waals surface area contributed by atoms with Gasteiger partial charge in [0.05, 0.1) is 17.4 Å². The minimum atomic E-state index is -0.650. The Morgan fingerprint density at radius 3 is 2.78 bits per heavy atom. The number of β-amino-alcohol motifs (C(OH)–C–C–N with tert-alkyl or cyclic N) is 1. The minimum Gasteiger partial charge on any atom is -0.486 e. The van der Waals surface area contributed by atoms with Crippen LogP contribution in [-0.4, -0.2) is 50.2 Å². The van der Waals surface area contributed by atoms with Gasteiger partial charge in [-0.1, -0.05) is 13.8 Å². The third-order valence-electron chi connectivity index (χ3n) is 5.83. The lowest BCUT2D eigenvalue weighted by molar-refractivity contribution is -0.148. The Kier molecular flexibility index (Phi) is 7.99. The lowest BCUT2D eigenvalue weighted by atomic mass is 10.1. The number of carbonyl (C=O) groups is 1. The van der Waals surface area contributed by atoms with Gasteiger partial charge in [-0.3, -0.25) is 9.20 Å². The van der Waals surface area contributed by atoms with Crippen LogP contribution in [-0.2, 0) is 16.1 Å². The van der Waals surface area contributed by atoms with Crippen LogP contribution in [0.1, 0.15) is 69.6 Å². The van der Waals surface area contributed by atoms with Gasteiger partial charge in [-0.15, -0.1) is 11.3 Å². The molecular formula is C27H34N4O5S. The molecule has 10 heteroatoms. The van der Waals surface area contributed by atoms with Crippen molar-refractivity contribution in [3.05, 3.63) is 56.4 Å². The van der Waals surface area contributed by atoms with E-state index in [0.717, 1.165) is 17.1 Å². The number of nitrogens with zero attached hydrogens (tertiary/aromatic N) is 4. The molecule has 0 radical (unpaired) electrons. The van der Waals surface area contributed by atoms with E-state index in [4.69, 9.17) is 14.5 Å². The van der Waals surface area contributed by atoms with Crippen LogP contribution in [0, 0.1) is 0 Å². The van der Waals surface area contributed by atoms with Crippen molar-refractivity contribution in [2.45, 2.75) is 71.7 Å². The molecule has 198 valence electrons. The van der Waals surface area contributed by atoms with Crippen molar-refractivity contribution in [2.75, 3.05) is 18.0 Å². The van der Waals surface area contributed by atoms with E-state index in [2.05, 4.69) is 18.8 Å². The number of fused-ring (bicyclic) bond motifs is 1. The molecule has 3 aromatic rings. The van der Waals surface area contributed by atoms with Crippen LogP contribution in [0.3, 0.4) is 0 Å². The summed E-state index contributed by atoms with van der Waals surface area (Å²) in [7, 11) is 0. The number of aliphatic hydroxyl groups is 1. The topological polar surface area (TPSA) is 106 Å². The second kappa shape index (κ2) is 11.0. The summed E-state index contributed by atoms with van der Waals surface area (Å²) in [5.74, 6) is 0.789. The first-order valence-electron chi connectivity index (χ1n) is 12.5. The maximum atomic E-state index is 13.5. The molecule has 3 aromatic heterocycles. The molecule has 0 aromatic carbocycles. The van der Waals surface area contributed by atoms with Crippen LogP contribution in [0.25, 0.3) is 11.7 Å². The Balaban J connectivity index is 1.67. The van der Waals surface area contributed by atoms with Crippen LogP contribution in [0.5, 0.6) is 5.75 Å². The lowest BCUT2D eigenvalue weighted by Crippen LogP contribution is -2.40. The quantitative estimate of drug-likeness (QED) is 0.361. The summed E-state index contributed by atoms with van der Waals surface area (Å²) in [5, 5.41) is 13.2. The number of carbonyl (C=O) groups excluding carboxylic acids is 1. The molecule has 9 nitrogen and oxygen atoms in total. The van der Waals surface area contributed by atoms with Gasteiger partial charge < -0.3 is 19.5 Å². The Labute approximate surface area is 220 Å². The van der Waals surface area contributed by atoms with E-state index in [-0.39, 0.29) is 11.1 Å². The third-order valence-corrected chi connectivity index (χ3v) is 6.67. The molecule has 1 atom stereocenters. The van der Waals surface area contributed by atoms with E-state index >= 15 is 0 Å². The van der Waals surface area contributed by atoms with Crippen LogP contribution in [0.2, 0.25) is 0 Å². The van der Waals surface area contributed by atoms with Crippen molar-refractivity contribution in [1.29, 1.82) is 0 Å².